The zero-order valence-corrected chi connectivity index (χ0v) is 14.5. The van der Waals surface area contributed by atoms with E-state index in [-0.39, 0.29) is 0 Å². The van der Waals surface area contributed by atoms with E-state index in [1.165, 1.54) is 24.8 Å². The molecule has 116 valence electrons. The van der Waals surface area contributed by atoms with Crippen LogP contribution >= 0.6 is 11.6 Å². The van der Waals surface area contributed by atoms with Gasteiger partial charge in [0.2, 0.25) is 0 Å². The molecule has 21 heavy (non-hydrogen) atoms. The molecule has 2 bridgehead atoms. The molecule has 0 spiro atoms. The number of nitrogens with one attached hydrogen (secondary N) is 1. The van der Waals surface area contributed by atoms with Gasteiger partial charge in [0.15, 0.2) is 0 Å². The Hall–Kier alpha value is -0.530. The van der Waals surface area contributed by atoms with Gasteiger partial charge in [-0.1, -0.05) is 44.5 Å². The van der Waals surface area contributed by atoms with Gasteiger partial charge in [0.25, 0.3) is 0 Å². The third-order valence-electron chi connectivity index (χ3n) is 6.18. The largest absolute Gasteiger partial charge is 0.310 e. The van der Waals surface area contributed by atoms with Gasteiger partial charge in [-0.15, -0.1) is 0 Å². The fourth-order valence-electron chi connectivity index (χ4n) is 5.04. The highest BCUT2D eigenvalue weighted by atomic mass is 35.5. The van der Waals surface area contributed by atoms with Crippen molar-refractivity contribution >= 4 is 11.6 Å². The Balaban J connectivity index is 1.67. The third kappa shape index (κ3) is 2.75. The quantitative estimate of drug-likeness (QED) is 0.818. The fraction of sp³-hybridized carbons (Fsp3) is 0.684. The zero-order valence-electron chi connectivity index (χ0n) is 13.7. The summed E-state index contributed by atoms with van der Waals surface area (Å²) in [5.41, 5.74) is 2.30. The van der Waals surface area contributed by atoms with Crippen molar-refractivity contribution in [2.45, 2.75) is 65.5 Å². The fourth-order valence-corrected chi connectivity index (χ4v) is 5.16. The van der Waals surface area contributed by atoms with Crippen molar-refractivity contribution < 1.29 is 0 Å². The maximum absolute atomic E-state index is 5.97. The van der Waals surface area contributed by atoms with Gasteiger partial charge in [0.05, 0.1) is 0 Å². The first-order valence-corrected chi connectivity index (χ1v) is 8.69. The van der Waals surface area contributed by atoms with Crippen molar-refractivity contribution in [1.82, 2.24) is 5.32 Å². The first kappa shape index (κ1) is 15.4. The minimum atomic E-state index is 0.432. The molecule has 3 rings (SSSR count). The van der Waals surface area contributed by atoms with Crippen LogP contribution in [0.2, 0.25) is 5.02 Å². The third-order valence-corrected chi connectivity index (χ3v) is 6.43. The van der Waals surface area contributed by atoms with Crippen LogP contribution in [0.3, 0.4) is 0 Å². The number of benzene rings is 1. The van der Waals surface area contributed by atoms with Crippen LogP contribution in [0.5, 0.6) is 0 Å². The van der Waals surface area contributed by atoms with Crippen molar-refractivity contribution in [2.75, 3.05) is 0 Å². The van der Waals surface area contributed by atoms with Crippen LogP contribution in [0.25, 0.3) is 0 Å². The average molecular weight is 306 g/mol. The van der Waals surface area contributed by atoms with Crippen molar-refractivity contribution in [3.05, 3.63) is 34.9 Å². The van der Waals surface area contributed by atoms with Crippen LogP contribution in [-0.2, 0) is 6.42 Å². The first-order valence-electron chi connectivity index (χ1n) is 8.32. The summed E-state index contributed by atoms with van der Waals surface area (Å²) in [6.07, 6.45) is 5.30. The van der Waals surface area contributed by atoms with Gasteiger partial charge in [-0.25, -0.2) is 0 Å². The van der Waals surface area contributed by atoms with Crippen LogP contribution in [0.1, 0.15) is 52.5 Å². The summed E-state index contributed by atoms with van der Waals surface area (Å²) in [4.78, 5) is 0. The topological polar surface area (TPSA) is 12.0 Å². The summed E-state index contributed by atoms with van der Waals surface area (Å²) in [7, 11) is 0. The van der Waals surface area contributed by atoms with Crippen LogP contribution in [0.4, 0.5) is 0 Å². The molecule has 2 aliphatic rings. The lowest BCUT2D eigenvalue weighted by Gasteiger charge is -2.44. The summed E-state index contributed by atoms with van der Waals surface area (Å²) in [5.74, 6) is 0.905. The molecule has 0 amide bonds. The van der Waals surface area contributed by atoms with Gasteiger partial charge in [-0.2, -0.15) is 0 Å². The Morgan fingerprint density at radius 1 is 1.24 bits per heavy atom. The van der Waals surface area contributed by atoms with Crippen LogP contribution in [-0.4, -0.2) is 12.1 Å². The Kier molecular flexibility index (Phi) is 3.86. The molecule has 4 atom stereocenters. The summed E-state index contributed by atoms with van der Waals surface area (Å²) < 4.78 is 0. The minimum absolute atomic E-state index is 0.432. The second kappa shape index (κ2) is 5.28. The van der Waals surface area contributed by atoms with E-state index in [9.17, 15) is 0 Å². The minimum Gasteiger partial charge on any atom is -0.310 e. The number of hydrogen-bond donors (Lipinski definition) is 1. The predicted molar refractivity (Wildman–Crippen MR) is 90.8 cm³/mol. The molecular formula is C19H28ClN. The van der Waals surface area contributed by atoms with E-state index in [0.29, 0.717) is 22.9 Å². The van der Waals surface area contributed by atoms with Gasteiger partial charge in [0, 0.05) is 17.1 Å². The predicted octanol–water partition coefficient (Wildman–Crippen LogP) is 5.08. The molecule has 2 heteroatoms. The van der Waals surface area contributed by atoms with Crippen LogP contribution in [0.15, 0.2) is 24.3 Å². The number of halogens is 1. The molecule has 0 heterocycles. The van der Waals surface area contributed by atoms with E-state index in [1.807, 2.05) is 12.1 Å². The van der Waals surface area contributed by atoms with E-state index < -0.39 is 0 Å². The lowest BCUT2D eigenvalue weighted by Crippen LogP contribution is -2.53. The summed E-state index contributed by atoms with van der Waals surface area (Å²) in [6.45, 7) is 9.75. The maximum Gasteiger partial charge on any atom is 0.0406 e. The second-order valence-corrected chi connectivity index (χ2v) is 8.68. The maximum atomic E-state index is 5.97. The van der Waals surface area contributed by atoms with Gasteiger partial charge < -0.3 is 5.32 Å². The molecule has 0 aliphatic heterocycles. The zero-order chi connectivity index (χ0) is 15.3. The molecule has 2 aliphatic carbocycles. The van der Waals surface area contributed by atoms with Crippen molar-refractivity contribution in [3.63, 3.8) is 0 Å². The molecule has 0 aromatic heterocycles. The summed E-state index contributed by atoms with van der Waals surface area (Å²) >= 11 is 5.97. The number of fused-ring (bicyclic) bond motifs is 2. The van der Waals surface area contributed by atoms with E-state index in [2.05, 4.69) is 45.1 Å². The molecule has 2 fully saturated rings. The van der Waals surface area contributed by atoms with Gasteiger partial charge in [-0.05, 0) is 67.1 Å². The second-order valence-electron chi connectivity index (χ2n) is 8.25. The molecule has 4 unspecified atom stereocenters. The lowest BCUT2D eigenvalue weighted by atomic mass is 9.68. The van der Waals surface area contributed by atoms with E-state index in [1.54, 1.807) is 0 Å². The van der Waals surface area contributed by atoms with Crippen LogP contribution < -0.4 is 5.32 Å². The Morgan fingerprint density at radius 2 is 1.90 bits per heavy atom. The average Bonchev–Trinajstić information content (AvgIpc) is 2.89. The summed E-state index contributed by atoms with van der Waals surface area (Å²) in [6, 6.07) is 9.43. The van der Waals surface area contributed by atoms with Gasteiger partial charge >= 0.3 is 0 Å². The molecular weight excluding hydrogens is 278 g/mol. The molecule has 2 saturated carbocycles. The first-order chi connectivity index (χ1) is 9.81. The normalized spacial score (nSPS) is 35.1. The smallest absolute Gasteiger partial charge is 0.0406 e. The van der Waals surface area contributed by atoms with Gasteiger partial charge in [0.1, 0.15) is 0 Å². The van der Waals surface area contributed by atoms with Crippen molar-refractivity contribution in [3.8, 4) is 0 Å². The molecule has 1 aromatic carbocycles. The van der Waals surface area contributed by atoms with Crippen molar-refractivity contribution in [1.29, 1.82) is 0 Å². The molecule has 1 nitrogen and oxygen atoms in total. The number of hydrogen-bond acceptors (Lipinski definition) is 1. The molecule has 0 saturated heterocycles. The molecule has 0 radical (unpaired) electrons. The van der Waals surface area contributed by atoms with Gasteiger partial charge in [-0.3, -0.25) is 0 Å². The monoisotopic (exact) mass is 305 g/mol. The van der Waals surface area contributed by atoms with Crippen molar-refractivity contribution in [2.24, 2.45) is 16.7 Å². The number of rotatable bonds is 4. The van der Waals surface area contributed by atoms with E-state index >= 15 is 0 Å². The van der Waals surface area contributed by atoms with E-state index in [4.69, 9.17) is 11.6 Å². The SMILES string of the molecule is CC(Cc1ccc(Cl)cc1)NC1C2(C)CCC(C2)C1(C)C. The molecule has 1 N–H and O–H groups in total. The standard InChI is InChI=1S/C19H28ClN/c1-13(11-14-5-7-16(20)8-6-14)21-17-18(2,3)15-9-10-19(17,4)12-15/h5-8,13,15,17,21H,9-12H2,1-4H3. The van der Waals surface area contributed by atoms with E-state index in [0.717, 1.165) is 17.4 Å². The highest BCUT2D eigenvalue weighted by Crippen LogP contribution is 2.62. The Morgan fingerprint density at radius 3 is 2.48 bits per heavy atom. The Bertz CT molecular complexity index is 502. The highest BCUT2D eigenvalue weighted by molar-refractivity contribution is 6.30. The Labute approximate surface area is 134 Å². The lowest BCUT2D eigenvalue weighted by molar-refractivity contribution is 0.100. The van der Waals surface area contributed by atoms with Crippen LogP contribution in [0, 0.1) is 16.7 Å². The highest BCUT2D eigenvalue weighted by Gasteiger charge is 2.59. The molecule has 1 aromatic rings. The summed E-state index contributed by atoms with van der Waals surface area (Å²) in [5, 5.41) is 4.79.